The maximum Gasteiger partial charge on any atom is 0.229 e. The molecular weight excluding hydrogens is 280 g/mol. The molecule has 0 saturated heterocycles. The van der Waals surface area contributed by atoms with Gasteiger partial charge in [0.25, 0.3) is 0 Å². The third-order valence-corrected chi connectivity index (χ3v) is 3.32. The molecule has 1 aromatic heterocycles. The fourth-order valence-corrected chi connectivity index (χ4v) is 2.13. The van der Waals surface area contributed by atoms with Gasteiger partial charge in [-0.05, 0) is 26.0 Å². The van der Waals surface area contributed by atoms with E-state index in [1.807, 2.05) is 42.8 Å². The van der Waals surface area contributed by atoms with Crippen molar-refractivity contribution in [3.8, 4) is 0 Å². The molecule has 0 spiro atoms. The highest BCUT2D eigenvalue weighted by atomic mass is 79.9. The number of aromatic nitrogens is 2. The highest BCUT2D eigenvalue weighted by molar-refractivity contribution is 9.10. The lowest BCUT2D eigenvalue weighted by molar-refractivity contribution is 0.102. The van der Waals surface area contributed by atoms with E-state index in [4.69, 9.17) is 0 Å². The smallest absolute Gasteiger partial charge is 0.229 e. The van der Waals surface area contributed by atoms with Gasteiger partial charge in [0.05, 0.1) is 0 Å². The minimum Gasteiger partial charge on any atom is -0.328 e. The highest BCUT2D eigenvalue weighted by Gasteiger charge is 2.17. The topological polar surface area (TPSA) is 34.9 Å². The zero-order valence-corrected chi connectivity index (χ0v) is 11.4. The highest BCUT2D eigenvalue weighted by Crippen LogP contribution is 2.21. The lowest BCUT2D eigenvalue weighted by Crippen LogP contribution is -2.11. The van der Waals surface area contributed by atoms with E-state index in [1.54, 1.807) is 6.20 Å². The van der Waals surface area contributed by atoms with Gasteiger partial charge in [0.2, 0.25) is 5.78 Å². The van der Waals surface area contributed by atoms with Gasteiger partial charge in [0, 0.05) is 29.0 Å². The monoisotopic (exact) mass is 292 g/mol. The Balaban J connectivity index is 2.47. The summed E-state index contributed by atoms with van der Waals surface area (Å²) in [7, 11) is 0. The van der Waals surface area contributed by atoms with Crippen molar-refractivity contribution in [2.75, 3.05) is 0 Å². The number of rotatable bonds is 3. The number of halogens is 1. The van der Waals surface area contributed by atoms with E-state index in [1.165, 1.54) is 0 Å². The van der Waals surface area contributed by atoms with Crippen molar-refractivity contribution >= 4 is 21.7 Å². The van der Waals surface area contributed by atoms with Crippen LogP contribution in [0.3, 0.4) is 0 Å². The first-order chi connectivity index (χ1) is 8.13. The van der Waals surface area contributed by atoms with Gasteiger partial charge in [-0.15, -0.1) is 0 Å². The average molecular weight is 293 g/mol. The molecule has 0 aliphatic rings. The summed E-state index contributed by atoms with van der Waals surface area (Å²) in [5.74, 6) is 0.436. The van der Waals surface area contributed by atoms with Crippen LogP contribution in [-0.4, -0.2) is 15.3 Å². The fourth-order valence-electron chi connectivity index (χ4n) is 1.71. The first kappa shape index (κ1) is 12.0. The van der Waals surface area contributed by atoms with Gasteiger partial charge in [0.1, 0.15) is 0 Å². The first-order valence-electron chi connectivity index (χ1n) is 5.45. The van der Waals surface area contributed by atoms with Crippen LogP contribution in [0.1, 0.15) is 28.7 Å². The predicted molar refractivity (Wildman–Crippen MR) is 70.2 cm³/mol. The first-order valence-corrected chi connectivity index (χ1v) is 6.24. The molecular formula is C13H13BrN2O. The molecule has 0 unspecified atom stereocenters. The van der Waals surface area contributed by atoms with Crippen LogP contribution in [0.4, 0.5) is 0 Å². The minimum absolute atomic E-state index is 0.0487. The van der Waals surface area contributed by atoms with Gasteiger partial charge in [-0.2, -0.15) is 0 Å². The lowest BCUT2D eigenvalue weighted by atomic mass is 10.1. The summed E-state index contributed by atoms with van der Waals surface area (Å²) in [5.41, 5.74) is 1.72. The Kier molecular flexibility index (Phi) is 3.43. The van der Waals surface area contributed by atoms with Crippen molar-refractivity contribution in [1.82, 2.24) is 9.55 Å². The number of carbonyl (C=O) groups excluding carboxylic acids is 1. The maximum absolute atomic E-state index is 12.3. The maximum atomic E-state index is 12.3. The second-order valence-electron chi connectivity index (χ2n) is 3.85. The Bertz CT molecular complexity index is 560. The minimum atomic E-state index is -0.0487. The normalized spacial score (nSPS) is 10.5. The van der Waals surface area contributed by atoms with Crippen LogP contribution in [0.5, 0.6) is 0 Å². The number of benzene rings is 1. The van der Waals surface area contributed by atoms with Gasteiger partial charge in [-0.1, -0.05) is 27.6 Å². The van der Waals surface area contributed by atoms with Gasteiger partial charge < -0.3 is 4.57 Å². The molecule has 0 aliphatic heterocycles. The Hall–Kier alpha value is -1.42. The molecule has 17 heavy (non-hydrogen) atoms. The van der Waals surface area contributed by atoms with Crippen LogP contribution in [0.25, 0.3) is 0 Å². The SMILES string of the molecule is CCn1ccnc1C(=O)c1cc(C)ccc1Br. The number of carbonyl (C=O) groups is 1. The Morgan fingerprint density at radius 1 is 1.47 bits per heavy atom. The van der Waals surface area contributed by atoms with Crippen LogP contribution in [0, 0.1) is 6.92 Å². The number of hydrogen-bond acceptors (Lipinski definition) is 2. The summed E-state index contributed by atoms with van der Waals surface area (Å²) >= 11 is 3.41. The third-order valence-electron chi connectivity index (χ3n) is 2.63. The molecule has 4 heteroatoms. The predicted octanol–water partition coefficient (Wildman–Crippen LogP) is 3.20. The van der Waals surface area contributed by atoms with Crippen molar-refractivity contribution in [2.24, 2.45) is 0 Å². The van der Waals surface area contributed by atoms with Crippen molar-refractivity contribution in [1.29, 1.82) is 0 Å². The quantitative estimate of drug-likeness (QED) is 0.814. The summed E-state index contributed by atoms with van der Waals surface area (Å²) in [6.07, 6.45) is 3.47. The second-order valence-corrected chi connectivity index (χ2v) is 4.70. The third kappa shape index (κ3) is 2.31. The van der Waals surface area contributed by atoms with Crippen molar-refractivity contribution < 1.29 is 4.79 Å². The van der Waals surface area contributed by atoms with E-state index in [0.717, 1.165) is 16.6 Å². The molecule has 0 saturated carbocycles. The number of hydrogen-bond donors (Lipinski definition) is 0. The summed E-state index contributed by atoms with van der Waals surface area (Å²) in [6, 6.07) is 5.73. The average Bonchev–Trinajstić information content (AvgIpc) is 2.79. The fraction of sp³-hybridized carbons (Fsp3) is 0.231. The van der Waals surface area contributed by atoms with Crippen LogP contribution in [0.2, 0.25) is 0 Å². The molecule has 3 nitrogen and oxygen atoms in total. The number of ketones is 1. The zero-order valence-electron chi connectivity index (χ0n) is 9.77. The lowest BCUT2D eigenvalue weighted by Gasteiger charge is -2.06. The largest absolute Gasteiger partial charge is 0.328 e. The van der Waals surface area contributed by atoms with E-state index in [9.17, 15) is 4.79 Å². The molecule has 0 bridgehead atoms. The molecule has 0 N–H and O–H groups in total. The summed E-state index contributed by atoms with van der Waals surface area (Å²) in [6.45, 7) is 4.70. The standard InChI is InChI=1S/C13H13BrN2O/c1-3-16-7-6-15-13(16)12(17)10-8-9(2)4-5-11(10)14/h4-8H,3H2,1-2H3. The van der Waals surface area contributed by atoms with Crippen LogP contribution in [-0.2, 0) is 6.54 Å². The van der Waals surface area contributed by atoms with E-state index in [2.05, 4.69) is 20.9 Å². The summed E-state index contributed by atoms with van der Waals surface area (Å²) in [5, 5.41) is 0. The van der Waals surface area contributed by atoms with E-state index >= 15 is 0 Å². The summed E-state index contributed by atoms with van der Waals surface area (Å²) < 4.78 is 2.65. The molecule has 0 radical (unpaired) electrons. The van der Waals surface area contributed by atoms with Crippen molar-refractivity contribution in [2.45, 2.75) is 20.4 Å². The van der Waals surface area contributed by atoms with Crippen molar-refractivity contribution in [3.05, 3.63) is 52.0 Å². The molecule has 1 aromatic carbocycles. The van der Waals surface area contributed by atoms with Crippen molar-refractivity contribution in [3.63, 3.8) is 0 Å². The Morgan fingerprint density at radius 3 is 2.94 bits per heavy atom. The van der Waals surface area contributed by atoms with Crippen LogP contribution < -0.4 is 0 Å². The summed E-state index contributed by atoms with van der Waals surface area (Å²) in [4.78, 5) is 16.5. The van der Waals surface area contributed by atoms with Gasteiger partial charge in [-0.3, -0.25) is 4.79 Å². The molecule has 1 heterocycles. The molecule has 2 rings (SSSR count). The molecule has 0 atom stereocenters. The number of nitrogens with zero attached hydrogens (tertiary/aromatic N) is 2. The van der Waals surface area contributed by atoms with E-state index in [-0.39, 0.29) is 5.78 Å². The Labute approximate surface area is 109 Å². The van der Waals surface area contributed by atoms with Crippen LogP contribution in [0.15, 0.2) is 35.1 Å². The van der Waals surface area contributed by atoms with Gasteiger partial charge >= 0.3 is 0 Å². The van der Waals surface area contributed by atoms with Gasteiger partial charge in [-0.25, -0.2) is 4.98 Å². The van der Waals surface area contributed by atoms with E-state index in [0.29, 0.717) is 11.4 Å². The second kappa shape index (κ2) is 4.84. The van der Waals surface area contributed by atoms with Crippen LogP contribution >= 0.6 is 15.9 Å². The van der Waals surface area contributed by atoms with Gasteiger partial charge in [0.15, 0.2) is 5.82 Å². The van der Waals surface area contributed by atoms with E-state index < -0.39 is 0 Å². The molecule has 0 aliphatic carbocycles. The molecule has 0 fully saturated rings. The number of aryl methyl sites for hydroxylation is 2. The molecule has 2 aromatic rings. The zero-order chi connectivity index (χ0) is 12.4. The number of imidazole rings is 1. The molecule has 0 amide bonds. The Morgan fingerprint density at radius 2 is 2.24 bits per heavy atom. The molecule has 88 valence electrons.